The van der Waals surface area contributed by atoms with Gasteiger partial charge in [-0.3, -0.25) is 4.79 Å². The van der Waals surface area contributed by atoms with Crippen LogP contribution in [0.1, 0.15) is 25.0 Å². The Balaban J connectivity index is 0.00000200. The topological polar surface area (TPSA) is 32.3 Å². The summed E-state index contributed by atoms with van der Waals surface area (Å²) in [6, 6.07) is 6.18. The highest BCUT2D eigenvalue weighted by molar-refractivity contribution is 5.95. The van der Waals surface area contributed by atoms with E-state index in [4.69, 9.17) is 0 Å². The summed E-state index contributed by atoms with van der Waals surface area (Å²) in [6.45, 7) is 11.0. The Morgan fingerprint density at radius 2 is 2.05 bits per heavy atom. The molecule has 1 aromatic carbocycles. The van der Waals surface area contributed by atoms with Crippen LogP contribution in [0.25, 0.3) is 0 Å². The van der Waals surface area contributed by atoms with Gasteiger partial charge in [0.2, 0.25) is 5.91 Å². The number of aryl methyl sites for hydroxylation is 1. The van der Waals surface area contributed by atoms with E-state index in [-0.39, 0.29) is 24.2 Å². The normalized spacial score (nSPS) is 16.0. The predicted molar refractivity (Wildman–Crippen MR) is 86.7 cm³/mol. The third kappa shape index (κ3) is 3.15. The number of nitrogens with one attached hydrogen (secondary N) is 1. The molecule has 112 valence electrons. The first-order valence-electron chi connectivity index (χ1n) is 7.14. The summed E-state index contributed by atoms with van der Waals surface area (Å²) in [6.07, 6.45) is 0. The first-order valence-corrected chi connectivity index (χ1v) is 7.14. The van der Waals surface area contributed by atoms with Crippen LogP contribution in [0.2, 0.25) is 0 Å². The second-order valence-corrected chi connectivity index (χ2v) is 5.51. The monoisotopic (exact) mass is 296 g/mol. The van der Waals surface area contributed by atoms with Crippen LogP contribution in [-0.2, 0) is 4.79 Å². The van der Waals surface area contributed by atoms with E-state index in [1.54, 1.807) is 0 Å². The van der Waals surface area contributed by atoms with Gasteiger partial charge in [0, 0.05) is 18.2 Å². The Morgan fingerprint density at radius 3 is 2.55 bits per heavy atom. The fraction of sp³-hybridized carbons (Fsp3) is 0.562. The van der Waals surface area contributed by atoms with Gasteiger partial charge in [0.05, 0.1) is 0 Å². The molecular formula is C16H25ClN2O. The van der Waals surface area contributed by atoms with Crippen LogP contribution in [0.3, 0.4) is 0 Å². The molecule has 1 aliphatic rings. The fourth-order valence-electron chi connectivity index (χ4n) is 2.58. The van der Waals surface area contributed by atoms with Crippen LogP contribution in [0.15, 0.2) is 18.2 Å². The van der Waals surface area contributed by atoms with Crippen molar-refractivity contribution in [2.24, 2.45) is 11.8 Å². The lowest BCUT2D eigenvalue weighted by molar-refractivity contribution is -0.124. The molecule has 1 heterocycles. The Hall–Kier alpha value is -1.06. The minimum absolute atomic E-state index is 0. The maximum absolute atomic E-state index is 12.7. The summed E-state index contributed by atoms with van der Waals surface area (Å²) in [5, 5.41) is 3.24. The van der Waals surface area contributed by atoms with Crippen molar-refractivity contribution in [1.29, 1.82) is 0 Å². The maximum atomic E-state index is 12.7. The van der Waals surface area contributed by atoms with Crippen molar-refractivity contribution in [2.75, 3.05) is 24.5 Å². The van der Waals surface area contributed by atoms with Crippen LogP contribution >= 0.6 is 12.4 Å². The van der Waals surface area contributed by atoms with E-state index in [1.165, 1.54) is 11.1 Å². The van der Waals surface area contributed by atoms with Gasteiger partial charge in [0.1, 0.15) is 0 Å². The summed E-state index contributed by atoms with van der Waals surface area (Å²) in [5.74, 6) is 0.843. The van der Waals surface area contributed by atoms with Crippen molar-refractivity contribution in [3.05, 3.63) is 29.3 Å². The number of benzene rings is 1. The summed E-state index contributed by atoms with van der Waals surface area (Å²) in [7, 11) is 0. The molecule has 0 aliphatic carbocycles. The minimum Gasteiger partial charge on any atom is -0.316 e. The van der Waals surface area contributed by atoms with Crippen LogP contribution in [0, 0.1) is 25.7 Å². The number of hydrogen-bond acceptors (Lipinski definition) is 2. The number of amides is 1. The van der Waals surface area contributed by atoms with E-state index in [2.05, 4.69) is 38.2 Å². The Labute approximate surface area is 128 Å². The molecule has 20 heavy (non-hydrogen) atoms. The van der Waals surface area contributed by atoms with Gasteiger partial charge in [-0.25, -0.2) is 0 Å². The van der Waals surface area contributed by atoms with Gasteiger partial charge in [-0.15, -0.1) is 12.4 Å². The van der Waals surface area contributed by atoms with Crippen molar-refractivity contribution < 1.29 is 4.79 Å². The van der Waals surface area contributed by atoms with Crippen LogP contribution in [0.4, 0.5) is 5.69 Å². The quantitative estimate of drug-likeness (QED) is 0.926. The van der Waals surface area contributed by atoms with Crippen LogP contribution in [0.5, 0.6) is 0 Å². The van der Waals surface area contributed by atoms with Gasteiger partial charge in [-0.1, -0.05) is 19.1 Å². The van der Waals surface area contributed by atoms with Gasteiger partial charge in [-0.2, -0.15) is 0 Å². The molecule has 1 unspecified atom stereocenters. The number of anilines is 1. The van der Waals surface area contributed by atoms with Crippen LogP contribution in [-0.4, -0.2) is 25.5 Å². The number of rotatable bonds is 4. The second kappa shape index (κ2) is 7.09. The molecule has 0 saturated carbocycles. The van der Waals surface area contributed by atoms with E-state index in [0.29, 0.717) is 5.92 Å². The molecule has 4 heteroatoms. The zero-order valence-electron chi connectivity index (χ0n) is 12.8. The lowest BCUT2D eigenvalue weighted by Gasteiger charge is -2.35. The number of carbonyl (C=O) groups excluding carboxylic acids is 1. The third-order valence-corrected chi connectivity index (χ3v) is 4.36. The van der Waals surface area contributed by atoms with Gasteiger partial charge < -0.3 is 10.2 Å². The smallest absolute Gasteiger partial charge is 0.230 e. The Morgan fingerprint density at radius 1 is 1.40 bits per heavy atom. The Bertz CT molecular complexity index is 472. The molecule has 2 rings (SSSR count). The number of nitrogens with zero attached hydrogens (tertiary/aromatic N) is 1. The zero-order chi connectivity index (χ0) is 14.0. The van der Waals surface area contributed by atoms with Crippen molar-refractivity contribution in [3.8, 4) is 0 Å². The molecule has 0 radical (unpaired) electrons. The van der Waals surface area contributed by atoms with E-state index in [1.807, 2.05) is 17.9 Å². The SMILES string of the molecule is CCN(C(=O)C(C)C1CNC1)c1cccc(C)c1C.Cl. The van der Waals surface area contributed by atoms with Gasteiger partial charge in [0.25, 0.3) is 0 Å². The molecule has 1 amide bonds. The van der Waals surface area contributed by atoms with Gasteiger partial charge >= 0.3 is 0 Å². The lowest BCUT2D eigenvalue weighted by atomic mass is 9.87. The molecular weight excluding hydrogens is 272 g/mol. The first-order chi connectivity index (χ1) is 9.06. The van der Waals surface area contributed by atoms with E-state index in [9.17, 15) is 4.79 Å². The minimum atomic E-state index is 0. The summed E-state index contributed by atoms with van der Waals surface area (Å²) in [5.41, 5.74) is 3.50. The Kier molecular flexibility index (Phi) is 6.03. The van der Waals surface area contributed by atoms with E-state index in [0.717, 1.165) is 25.3 Å². The molecule has 1 saturated heterocycles. The van der Waals surface area contributed by atoms with Gasteiger partial charge in [-0.05, 0) is 57.0 Å². The highest BCUT2D eigenvalue weighted by Gasteiger charge is 2.32. The van der Waals surface area contributed by atoms with Crippen molar-refractivity contribution in [1.82, 2.24) is 5.32 Å². The number of carbonyl (C=O) groups is 1. The standard InChI is InChI=1S/C16H24N2O.ClH/c1-5-18(15-8-6-7-11(2)12(15)3)16(19)13(4)14-9-17-10-14;/h6-8,13-14,17H,5,9-10H2,1-4H3;1H. The maximum Gasteiger partial charge on any atom is 0.230 e. The molecule has 1 atom stereocenters. The fourth-order valence-corrected chi connectivity index (χ4v) is 2.58. The highest BCUT2D eigenvalue weighted by atomic mass is 35.5. The lowest BCUT2D eigenvalue weighted by Crippen LogP contribution is -2.50. The zero-order valence-corrected chi connectivity index (χ0v) is 13.6. The van der Waals surface area contributed by atoms with Crippen molar-refractivity contribution in [3.63, 3.8) is 0 Å². The average molecular weight is 297 g/mol. The highest BCUT2D eigenvalue weighted by Crippen LogP contribution is 2.26. The molecule has 1 aromatic rings. The predicted octanol–water partition coefficient (Wildman–Crippen LogP) is 2.93. The number of hydrogen-bond donors (Lipinski definition) is 1. The molecule has 0 spiro atoms. The number of halogens is 1. The summed E-state index contributed by atoms with van der Waals surface area (Å²) in [4.78, 5) is 14.6. The third-order valence-electron chi connectivity index (χ3n) is 4.36. The van der Waals surface area contributed by atoms with E-state index < -0.39 is 0 Å². The largest absolute Gasteiger partial charge is 0.316 e. The molecule has 1 N–H and O–H groups in total. The molecule has 0 aromatic heterocycles. The molecule has 0 bridgehead atoms. The van der Waals surface area contributed by atoms with E-state index >= 15 is 0 Å². The summed E-state index contributed by atoms with van der Waals surface area (Å²) < 4.78 is 0. The second-order valence-electron chi connectivity index (χ2n) is 5.51. The first kappa shape index (κ1) is 17.0. The van der Waals surface area contributed by atoms with Crippen molar-refractivity contribution >= 4 is 24.0 Å². The van der Waals surface area contributed by atoms with Crippen molar-refractivity contribution in [2.45, 2.75) is 27.7 Å². The molecule has 1 fully saturated rings. The molecule has 1 aliphatic heterocycles. The van der Waals surface area contributed by atoms with Crippen LogP contribution < -0.4 is 10.2 Å². The summed E-state index contributed by atoms with van der Waals surface area (Å²) >= 11 is 0. The van der Waals surface area contributed by atoms with Gasteiger partial charge in [0.15, 0.2) is 0 Å². The molecule has 3 nitrogen and oxygen atoms in total. The average Bonchev–Trinajstić information content (AvgIpc) is 2.33.